The molecular weight excluding hydrogens is 180 g/mol. The number of aryl methyl sites for hydroxylation is 1. The Bertz CT molecular complexity index is 372. The van der Waals surface area contributed by atoms with Gasteiger partial charge in [0.2, 0.25) is 0 Å². The van der Waals surface area contributed by atoms with Crippen molar-refractivity contribution in [2.24, 2.45) is 0 Å². The van der Waals surface area contributed by atoms with Crippen LogP contribution >= 0.6 is 0 Å². The topological polar surface area (TPSA) is 62.2 Å². The highest BCUT2D eigenvalue weighted by Gasteiger charge is 2.24. The first-order valence-corrected chi connectivity index (χ1v) is 4.64. The lowest BCUT2D eigenvalue weighted by molar-refractivity contribution is 0.0697. The van der Waals surface area contributed by atoms with Crippen molar-refractivity contribution in [3.05, 3.63) is 23.4 Å². The van der Waals surface area contributed by atoms with Crippen LogP contribution in [0.3, 0.4) is 0 Å². The molecule has 0 saturated heterocycles. The van der Waals surface area contributed by atoms with Crippen molar-refractivity contribution >= 4 is 11.8 Å². The van der Waals surface area contributed by atoms with Crippen molar-refractivity contribution < 1.29 is 9.90 Å². The summed E-state index contributed by atoms with van der Waals surface area (Å²) in [5.74, 6) is -0.418. The quantitative estimate of drug-likeness (QED) is 0.764. The molecule has 1 aromatic heterocycles. The Labute approximate surface area is 82.0 Å². The van der Waals surface area contributed by atoms with E-state index in [4.69, 9.17) is 5.11 Å². The zero-order chi connectivity index (χ0) is 10.1. The molecule has 1 saturated carbocycles. The van der Waals surface area contributed by atoms with E-state index in [2.05, 4.69) is 10.3 Å². The second kappa shape index (κ2) is 3.29. The zero-order valence-corrected chi connectivity index (χ0v) is 7.95. The van der Waals surface area contributed by atoms with Crippen LogP contribution in [0.5, 0.6) is 0 Å². The number of aromatic carboxylic acids is 1. The van der Waals surface area contributed by atoms with Gasteiger partial charge in [0.15, 0.2) is 0 Å². The minimum atomic E-state index is -0.918. The fourth-order valence-corrected chi connectivity index (χ4v) is 1.36. The molecule has 1 aromatic rings. The van der Waals surface area contributed by atoms with E-state index in [1.807, 2.05) is 0 Å². The van der Waals surface area contributed by atoms with E-state index in [1.54, 1.807) is 19.2 Å². The van der Waals surface area contributed by atoms with Gasteiger partial charge < -0.3 is 10.4 Å². The zero-order valence-electron chi connectivity index (χ0n) is 7.95. The summed E-state index contributed by atoms with van der Waals surface area (Å²) in [6.45, 7) is 1.78. The van der Waals surface area contributed by atoms with Gasteiger partial charge in [-0.05, 0) is 31.4 Å². The minimum Gasteiger partial charge on any atom is -0.478 e. The first-order valence-electron chi connectivity index (χ1n) is 4.64. The summed E-state index contributed by atoms with van der Waals surface area (Å²) < 4.78 is 0. The molecule has 0 unspecified atom stereocenters. The first kappa shape index (κ1) is 8.99. The highest BCUT2D eigenvalue weighted by atomic mass is 16.4. The van der Waals surface area contributed by atoms with Crippen LogP contribution < -0.4 is 5.32 Å². The second-order valence-electron chi connectivity index (χ2n) is 3.58. The van der Waals surface area contributed by atoms with Gasteiger partial charge in [-0.25, -0.2) is 9.78 Å². The number of carboxylic acid groups (broad SMARTS) is 1. The maximum absolute atomic E-state index is 11.0. The Morgan fingerprint density at radius 1 is 1.64 bits per heavy atom. The molecule has 0 radical (unpaired) electrons. The molecule has 4 heteroatoms. The number of pyridine rings is 1. The molecule has 4 nitrogen and oxygen atoms in total. The minimum absolute atomic E-state index is 0.291. The van der Waals surface area contributed by atoms with Crippen molar-refractivity contribution in [3.63, 3.8) is 0 Å². The number of anilines is 1. The van der Waals surface area contributed by atoms with Gasteiger partial charge in [0.1, 0.15) is 11.4 Å². The third-order valence-electron chi connectivity index (χ3n) is 2.29. The monoisotopic (exact) mass is 192 g/mol. The fourth-order valence-electron chi connectivity index (χ4n) is 1.36. The SMILES string of the molecule is Cc1ccnc(NC2CC2)c1C(=O)O. The lowest BCUT2D eigenvalue weighted by Gasteiger charge is -2.08. The highest BCUT2D eigenvalue weighted by Crippen LogP contribution is 2.26. The van der Waals surface area contributed by atoms with Crippen LogP contribution in [-0.4, -0.2) is 22.1 Å². The molecule has 1 aliphatic carbocycles. The van der Waals surface area contributed by atoms with Crippen molar-refractivity contribution in [1.29, 1.82) is 0 Å². The number of rotatable bonds is 3. The molecule has 0 spiro atoms. The molecule has 0 atom stereocenters. The maximum Gasteiger partial charge on any atom is 0.339 e. The summed E-state index contributed by atoms with van der Waals surface area (Å²) in [5.41, 5.74) is 1.04. The largest absolute Gasteiger partial charge is 0.478 e. The van der Waals surface area contributed by atoms with E-state index >= 15 is 0 Å². The molecular formula is C10H12N2O2. The molecule has 74 valence electrons. The maximum atomic E-state index is 11.0. The van der Waals surface area contributed by atoms with E-state index in [0.29, 0.717) is 17.4 Å². The summed E-state index contributed by atoms with van der Waals surface area (Å²) in [7, 11) is 0. The molecule has 1 heterocycles. The Hall–Kier alpha value is -1.58. The summed E-state index contributed by atoms with van der Waals surface area (Å²) in [4.78, 5) is 15.0. The molecule has 0 aromatic carbocycles. The molecule has 14 heavy (non-hydrogen) atoms. The van der Waals surface area contributed by atoms with Gasteiger partial charge in [-0.15, -0.1) is 0 Å². The predicted molar refractivity (Wildman–Crippen MR) is 52.6 cm³/mol. The fraction of sp³-hybridized carbons (Fsp3) is 0.400. The van der Waals surface area contributed by atoms with Gasteiger partial charge in [0, 0.05) is 12.2 Å². The van der Waals surface area contributed by atoms with Gasteiger partial charge in [0.05, 0.1) is 0 Å². The Morgan fingerprint density at radius 3 is 2.93 bits per heavy atom. The lowest BCUT2D eigenvalue weighted by atomic mass is 10.1. The molecule has 2 rings (SSSR count). The van der Waals surface area contributed by atoms with Crippen LogP contribution in [-0.2, 0) is 0 Å². The van der Waals surface area contributed by atoms with E-state index in [1.165, 1.54) is 0 Å². The van der Waals surface area contributed by atoms with E-state index in [0.717, 1.165) is 18.4 Å². The normalized spacial score (nSPS) is 15.2. The van der Waals surface area contributed by atoms with Crippen molar-refractivity contribution in [1.82, 2.24) is 4.98 Å². The third-order valence-corrected chi connectivity index (χ3v) is 2.29. The number of aromatic nitrogens is 1. The summed E-state index contributed by atoms with van der Waals surface area (Å²) in [6.07, 6.45) is 3.84. The van der Waals surface area contributed by atoms with Gasteiger partial charge in [-0.3, -0.25) is 0 Å². The first-order chi connectivity index (χ1) is 6.68. The molecule has 1 aliphatic rings. The number of hydrogen-bond donors (Lipinski definition) is 2. The number of nitrogens with zero attached hydrogens (tertiary/aromatic N) is 1. The van der Waals surface area contributed by atoms with Crippen LogP contribution in [0.15, 0.2) is 12.3 Å². The van der Waals surface area contributed by atoms with Crippen LogP contribution in [0.2, 0.25) is 0 Å². The number of nitrogens with one attached hydrogen (secondary N) is 1. The summed E-state index contributed by atoms with van der Waals surface area (Å²) in [6, 6.07) is 2.13. The van der Waals surface area contributed by atoms with Crippen molar-refractivity contribution in [3.8, 4) is 0 Å². The highest BCUT2D eigenvalue weighted by molar-refractivity contribution is 5.94. The second-order valence-corrected chi connectivity index (χ2v) is 3.58. The Balaban J connectivity index is 2.35. The molecule has 1 fully saturated rings. The van der Waals surface area contributed by atoms with Gasteiger partial charge >= 0.3 is 5.97 Å². The molecule has 0 bridgehead atoms. The third kappa shape index (κ3) is 1.69. The summed E-state index contributed by atoms with van der Waals surface area (Å²) in [5, 5.41) is 12.1. The smallest absolute Gasteiger partial charge is 0.339 e. The molecule has 2 N–H and O–H groups in total. The van der Waals surface area contributed by atoms with E-state index < -0.39 is 5.97 Å². The van der Waals surface area contributed by atoms with E-state index in [9.17, 15) is 4.79 Å². The van der Waals surface area contributed by atoms with E-state index in [-0.39, 0.29) is 0 Å². The average Bonchev–Trinajstić information content (AvgIpc) is 2.87. The molecule has 0 aliphatic heterocycles. The van der Waals surface area contributed by atoms with Crippen molar-refractivity contribution in [2.75, 3.05) is 5.32 Å². The van der Waals surface area contributed by atoms with Crippen molar-refractivity contribution in [2.45, 2.75) is 25.8 Å². The van der Waals surface area contributed by atoms with Crippen LogP contribution in [0, 0.1) is 6.92 Å². The van der Waals surface area contributed by atoms with Gasteiger partial charge in [-0.1, -0.05) is 0 Å². The summed E-state index contributed by atoms with van der Waals surface area (Å²) >= 11 is 0. The van der Waals surface area contributed by atoms with Crippen LogP contribution in [0.25, 0.3) is 0 Å². The standard InChI is InChI=1S/C10H12N2O2/c1-6-4-5-11-9(8(6)10(13)14)12-7-2-3-7/h4-5,7H,2-3H2,1H3,(H,11,12)(H,13,14). The number of carbonyl (C=O) groups is 1. The lowest BCUT2D eigenvalue weighted by Crippen LogP contribution is -2.11. The predicted octanol–water partition coefficient (Wildman–Crippen LogP) is 1.66. The van der Waals surface area contributed by atoms with Crippen LogP contribution in [0.4, 0.5) is 5.82 Å². The Morgan fingerprint density at radius 2 is 2.36 bits per heavy atom. The Kier molecular flexibility index (Phi) is 2.11. The van der Waals surface area contributed by atoms with Gasteiger partial charge in [-0.2, -0.15) is 0 Å². The van der Waals surface area contributed by atoms with Crippen LogP contribution in [0.1, 0.15) is 28.8 Å². The molecule has 0 amide bonds. The number of carboxylic acids is 1. The average molecular weight is 192 g/mol. The number of hydrogen-bond acceptors (Lipinski definition) is 3. The van der Waals surface area contributed by atoms with Gasteiger partial charge in [0.25, 0.3) is 0 Å².